The van der Waals surface area contributed by atoms with E-state index in [1.54, 1.807) is 0 Å². The summed E-state index contributed by atoms with van der Waals surface area (Å²) in [6, 6.07) is 36.3. The molecule has 0 fully saturated rings. The number of fused-ring (bicyclic) bond motifs is 7. The molecule has 0 amide bonds. The number of aromatic nitrogens is 2. The van der Waals surface area contributed by atoms with E-state index in [2.05, 4.69) is 122 Å². The van der Waals surface area contributed by atoms with Crippen LogP contribution in [0.15, 0.2) is 103 Å². The van der Waals surface area contributed by atoms with Crippen molar-refractivity contribution < 1.29 is 0 Å². The topological polar surface area (TPSA) is 17.8 Å². The van der Waals surface area contributed by atoms with Crippen molar-refractivity contribution in [3.63, 3.8) is 0 Å². The van der Waals surface area contributed by atoms with Crippen LogP contribution in [-0.2, 0) is 5.41 Å². The van der Waals surface area contributed by atoms with Crippen LogP contribution < -0.4 is 0 Å². The highest BCUT2D eigenvalue weighted by Crippen LogP contribution is 2.50. The second kappa shape index (κ2) is 7.03. The molecule has 0 atom stereocenters. The van der Waals surface area contributed by atoms with Crippen LogP contribution in [0.5, 0.6) is 0 Å². The predicted octanol–water partition coefficient (Wildman–Crippen LogP) is 9.69. The van der Waals surface area contributed by atoms with Gasteiger partial charge in [-0.1, -0.05) is 86.6 Å². The molecule has 2 aromatic heterocycles. The molecule has 0 bridgehead atoms. The van der Waals surface area contributed by atoms with Gasteiger partial charge in [0.2, 0.25) is 0 Å². The van der Waals surface area contributed by atoms with E-state index in [9.17, 15) is 0 Å². The second-order valence-corrected chi connectivity index (χ2v) is 11.7. The fourth-order valence-electron chi connectivity index (χ4n) is 7.38. The third-order valence-electron chi connectivity index (χ3n) is 9.17. The molecule has 2 heterocycles. The fraction of sp³-hybridized carbons (Fsp3) is 0.108. The smallest absolute Gasteiger partial charge is 0.0969 e. The highest BCUT2D eigenvalue weighted by atomic mass is 15.0. The van der Waals surface area contributed by atoms with Gasteiger partial charge < -0.3 is 4.57 Å². The number of aryl methyl sites for hydroxylation is 1. The van der Waals surface area contributed by atoms with Crippen LogP contribution in [0.4, 0.5) is 0 Å². The molecular formula is C37H26N2. The predicted molar refractivity (Wildman–Crippen MR) is 165 cm³/mol. The van der Waals surface area contributed by atoms with Crippen molar-refractivity contribution in [1.29, 1.82) is 0 Å². The van der Waals surface area contributed by atoms with Crippen molar-refractivity contribution in [2.45, 2.75) is 26.2 Å². The highest BCUT2D eigenvalue weighted by molar-refractivity contribution is 6.32. The van der Waals surface area contributed by atoms with Crippen molar-refractivity contribution >= 4 is 54.3 Å². The largest absolute Gasteiger partial charge is 0.308 e. The maximum Gasteiger partial charge on any atom is 0.0969 e. The lowest BCUT2D eigenvalue weighted by atomic mass is 9.82. The minimum absolute atomic E-state index is 0.0500. The van der Waals surface area contributed by atoms with Crippen molar-refractivity contribution in [2.75, 3.05) is 0 Å². The molecule has 0 unspecified atom stereocenters. The maximum atomic E-state index is 5.05. The van der Waals surface area contributed by atoms with Crippen LogP contribution in [0.2, 0.25) is 0 Å². The van der Waals surface area contributed by atoms with Gasteiger partial charge in [0.25, 0.3) is 0 Å². The van der Waals surface area contributed by atoms with Gasteiger partial charge in [0, 0.05) is 22.7 Å². The van der Waals surface area contributed by atoms with E-state index >= 15 is 0 Å². The Balaban J connectivity index is 1.44. The second-order valence-electron chi connectivity index (χ2n) is 11.7. The summed E-state index contributed by atoms with van der Waals surface area (Å²) in [6.07, 6.45) is 2.01. The standard InChI is InChI=1S/C37H26N2/c1-21-17-32-36(38-20-21)35-28-15-13-23-8-6-7-22-11-12-24(34(28)33(22)23)18-31(35)39(32)25-14-16-27-26-9-4-5-10-29(26)37(2,3)30(27)19-25/h4-20H,1-3H3. The molecule has 0 aliphatic heterocycles. The number of nitrogens with zero attached hydrogens (tertiary/aromatic N) is 2. The first-order valence-corrected chi connectivity index (χ1v) is 13.7. The van der Waals surface area contributed by atoms with Gasteiger partial charge in [-0.3, -0.25) is 4.98 Å². The molecule has 2 nitrogen and oxygen atoms in total. The molecular weight excluding hydrogens is 472 g/mol. The van der Waals surface area contributed by atoms with Gasteiger partial charge in [0.05, 0.1) is 16.6 Å². The molecule has 0 N–H and O–H groups in total. The van der Waals surface area contributed by atoms with Gasteiger partial charge in [0.15, 0.2) is 0 Å². The highest BCUT2D eigenvalue weighted by Gasteiger charge is 2.35. The zero-order valence-electron chi connectivity index (χ0n) is 22.2. The van der Waals surface area contributed by atoms with Crippen LogP contribution in [0.25, 0.3) is 71.1 Å². The fourth-order valence-corrected chi connectivity index (χ4v) is 7.38. The Bertz CT molecular complexity index is 2300. The number of hydrogen-bond donors (Lipinski definition) is 0. The Morgan fingerprint density at radius 3 is 2.26 bits per heavy atom. The van der Waals surface area contributed by atoms with Gasteiger partial charge in [-0.05, 0) is 91.3 Å². The average molecular weight is 499 g/mol. The molecule has 1 aliphatic carbocycles. The van der Waals surface area contributed by atoms with Crippen molar-refractivity contribution in [3.8, 4) is 16.8 Å². The first-order valence-electron chi connectivity index (χ1n) is 13.7. The van der Waals surface area contributed by atoms with Gasteiger partial charge in [-0.15, -0.1) is 0 Å². The summed E-state index contributed by atoms with van der Waals surface area (Å²) in [5, 5.41) is 9.05. The first-order chi connectivity index (χ1) is 19.0. The van der Waals surface area contributed by atoms with E-state index in [4.69, 9.17) is 4.98 Å². The van der Waals surface area contributed by atoms with Crippen LogP contribution >= 0.6 is 0 Å². The SMILES string of the molecule is Cc1cnc2c3c4ccc5cccc6ccc(cc3n(-c3ccc7c(c3)C(C)(C)c3ccccc3-7)c2c1)c4c65. The van der Waals surface area contributed by atoms with Gasteiger partial charge in [-0.2, -0.15) is 0 Å². The Morgan fingerprint density at radius 2 is 1.38 bits per heavy atom. The lowest BCUT2D eigenvalue weighted by Gasteiger charge is -2.22. The Morgan fingerprint density at radius 1 is 0.615 bits per heavy atom. The van der Waals surface area contributed by atoms with Crippen molar-refractivity contribution in [2.24, 2.45) is 0 Å². The summed E-state index contributed by atoms with van der Waals surface area (Å²) in [4.78, 5) is 5.05. The van der Waals surface area contributed by atoms with E-state index in [0.29, 0.717) is 0 Å². The average Bonchev–Trinajstić information content (AvgIpc) is 3.39. The molecule has 6 aromatic carbocycles. The zero-order chi connectivity index (χ0) is 26.0. The monoisotopic (exact) mass is 498 g/mol. The Labute approximate surface area is 226 Å². The number of pyridine rings is 1. The van der Waals surface area contributed by atoms with Crippen molar-refractivity contribution in [3.05, 3.63) is 120 Å². The normalized spacial score (nSPS) is 14.2. The number of hydrogen-bond acceptors (Lipinski definition) is 1. The lowest BCUT2D eigenvalue weighted by molar-refractivity contribution is 0.660. The summed E-state index contributed by atoms with van der Waals surface area (Å²) in [6.45, 7) is 6.84. The van der Waals surface area contributed by atoms with E-state index in [-0.39, 0.29) is 5.41 Å². The summed E-state index contributed by atoms with van der Waals surface area (Å²) >= 11 is 0. The number of rotatable bonds is 1. The minimum Gasteiger partial charge on any atom is -0.308 e. The van der Waals surface area contributed by atoms with Crippen LogP contribution in [0.1, 0.15) is 30.5 Å². The molecule has 1 aliphatic rings. The van der Waals surface area contributed by atoms with E-state index in [1.807, 2.05) is 6.20 Å². The summed E-state index contributed by atoms with van der Waals surface area (Å²) in [7, 11) is 0. The van der Waals surface area contributed by atoms with E-state index in [1.165, 1.54) is 76.7 Å². The van der Waals surface area contributed by atoms with Crippen LogP contribution in [0, 0.1) is 6.92 Å². The molecule has 0 radical (unpaired) electrons. The third-order valence-corrected chi connectivity index (χ3v) is 9.17. The minimum atomic E-state index is -0.0500. The quantitative estimate of drug-likeness (QED) is 0.206. The molecule has 9 rings (SSSR count). The summed E-state index contributed by atoms with van der Waals surface area (Å²) < 4.78 is 2.44. The van der Waals surface area contributed by atoms with Crippen LogP contribution in [0.3, 0.4) is 0 Å². The lowest BCUT2D eigenvalue weighted by Crippen LogP contribution is -2.15. The summed E-state index contributed by atoms with van der Waals surface area (Å²) in [5.74, 6) is 0. The molecule has 184 valence electrons. The van der Waals surface area contributed by atoms with Gasteiger partial charge >= 0.3 is 0 Å². The molecule has 39 heavy (non-hydrogen) atoms. The third kappa shape index (κ3) is 2.59. The Hall–Kier alpha value is -4.69. The number of benzene rings is 6. The van der Waals surface area contributed by atoms with Crippen LogP contribution in [-0.4, -0.2) is 9.55 Å². The Kier molecular flexibility index (Phi) is 3.84. The summed E-state index contributed by atoms with van der Waals surface area (Å²) in [5.41, 5.74) is 11.2. The van der Waals surface area contributed by atoms with Gasteiger partial charge in [0.1, 0.15) is 0 Å². The van der Waals surface area contributed by atoms with Gasteiger partial charge in [-0.25, -0.2) is 0 Å². The molecule has 2 heteroatoms. The molecule has 8 aromatic rings. The molecule has 0 saturated heterocycles. The molecule has 0 spiro atoms. The van der Waals surface area contributed by atoms with Crippen molar-refractivity contribution in [1.82, 2.24) is 9.55 Å². The van der Waals surface area contributed by atoms with E-state index < -0.39 is 0 Å². The van der Waals surface area contributed by atoms with E-state index in [0.717, 1.165) is 11.0 Å². The maximum absolute atomic E-state index is 5.05. The first kappa shape index (κ1) is 21.3. The molecule has 0 saturated carbocycles. The zero-order valence-corrected chi connectivity index (χ0v) is 22.2.